The number of nitrogens with zero attached hydrogens (tertiary/aromatic N) is 3. The van der Waals surface area contributed by atoms with Crippen LogP contribution in [0.2, 0.25) is 0 Å². The normalized spacial score (nSPS) is 14.4. The monoisotopic (exact) mass is 446 g/mol. The second-order valence-electron chi connectivity index (χ2n) is 8.03. The summed E-state index contributed by atoms with van der Waals surface area (Å²) in [4.78, 5) is 22.1. The van der Waals surface area contributed by atoms with E-state index >= 15 is 0 Å². The lowest BCUT2D eigenvalue weighted by molar-refractivity contribution is 0.102. The Hall–Kier alpha value is -3.58. The molecule has 2 aromatic carbocycles. The van der Waals surface area contributed by atoms with Crippen molar-refractivity contribution in [2.45, 2.75) is 13.0 Å². The smallest absolute Gasteiger partial charge is 0.255 e. The highest BCUT2D eigenvalue weighted by Crippen LogP contribution is 2.28. The molecule has 1 fully saturated rings. The van der Waals surface area contributed by atoms with Gasteiger partial charge in [0.1, 0.15) is 5.82 Å². The summed E-state index contributed by atoms with van der Waals surface area (Å²) in [6.45, 7) is 4.94. The van der Waals surface area contributed by atoms with E-state index < -0.39 is 0 Å². The van der Waals surface area contributed by atoms with Crippen molar-refractivity contribution in [2.75, 3.05) is 50.6 Å². The molecule has 1 aliphatic heterocycles. The average Bonchev–Trinajstić information content (AvgIpc) is 3.10. The van der Waals surface area contributed by atoms with Crippen molar-refractivity contribution in [3.8, 4) is 11.5 Å². The number of hydrogen-bond acceptors (Lipinski definition) is 6. The van der Waals surface area contributed by atoms with E-state index in [2.05, 4.69) is 50.4 Å². The molecule has 0 aliphatic carbocycles. The lowest BCUT2D eigenvalue weighted by atomic mass is 10.2. The molecule has 1 aliphatic rings. The first-order chi connectivity index (χ1) is 16.2. The molecule has 1 saturated heterocycles. The van der Waals surface area contributed by atoms with Gasteiger partial charge in [0, 0.05) is 38.3 Å². The fraction of sp³-hybridized carbons (Fsp3) is 0.308. The minimum atomic E-state index is -0.225. The number of carbonyl (C=O) groups is 1. The second kappa shape index (κ2) is 10.8. The molecule has 2 heterocycles. The maximum Gasteiger partial charge on any atom is 0.255 e. The predicted octanol–water partition coefficient (Wildman–Crippen LogP) is 4.06. The van der Waals surface area contributed by atoms with E-state index in [0.717, 1.165) is 45.0 Å². The van der Waals surface area contributed by atoms with Crippen LogP contribution in [0.5, 0.6) is 11.5 Å². The summed E-state index contributed by atoms with van der Waals surface area (Å²) in [5.74, 6) is 1.80. The molecule has 1 aromatic heterocycles. The molecule has 3 aromatic rings. The van der Waals surface area contributed by atoms with Gasteiger partial charge in [0.2, 0.25) is 0 Å². The average molecular weight is 447 g/mol. The molecular formula is C26H30N4O3. The van der Waals surface area contributed by atoms with Crippen molar-refractivity contribution in [2.24, 2.45) is 0 Å². The number of ether oxygens (including phenoxy) is 2. The van der Waals surface area contributed by atoms with Crippen molar-refractivity contribution >= 4 is 17.4 Å². The fourth-order valence-corrected chi connectivity index (χ4v) is 4.03. The number of aromatic nitrogens is 1. The van der Waals surface area contributed by atoms with Crippen LogP contribution in [0.3, 0.4) is 0 Å². The van der Waals surface area contributed by atoms with Crippen molar-refractivity contribution < 1.29 is 14.3 Å². The van der Waals surface area contributed by atoms with Crippen LogP contribution in [0.15, 0.2) is 66.9 Å². The first kappa shape index (κ1) is 22.6. The molecular weight excluding hydrogens is 416 g/mol. The first-order valence-electron chi connectivity index (χ1n) is 11.2. The van der Waals surface area contributed by atoms with E-state index in [1.54, 1.807) is 38.6 Å². The number of hydrogen-bond donors (Lipinski definition) is 1. The van der Waals surface area contributed by atoms with Crippen LogP contribution in [0.25, 0.3) is 0 Å². The van der Waals surface area contributed by atoms with E-state index in [4.69, 9.17) is 9.47 Å². The number of nitrogens with one attached hydrogen (secondary N) is 1. The van der Waals surface area contributed by atoms with Gasteiger partial charge in [-0.1, -0.05) is 30.3 Å². The van der Waals surface area contributed by atoms with Crippen molar-refractivity contribution in [3.63, 3.8) is 0 Å². The van der Waals surface area contributed by atoms with Gasteiger partial charge in [-0.2, -0.15) is 0 Å². The molecule has 33 heavy (non-hydrogen) atoms. The maximum absolute atomic E-state index is 12.6. The Balaban J connectivity index is 1.35. The summed E-state index contributed by atoms with van der Waals surface area (Å²) in [6, 6.07) is 19.5. The standard InChI is InChI=1S/C26H30N4O3/c1-32-23-11-9-21(17-24(23)33-2)26(31)28-22-10-12-25(27-18-22)30-14-6-13-29(15-16-30)19-20-7-4-3-5-8-20/h3-5,7-12,17-18H,6,13-16,19H2,1-2H3,(H,28,31). The third-order valence-electron chi connectivity index (χ3n) is 5.81. The van der Waals surface area contributed by atoms with E-state index in [9.17, 15) is 4.79 Å². The summed E-state index contributed by atoms with van der Waals surface area (Å²) in [6.07, 6.45) is 2.80. The van der Waals surface area contributed by atoms with Crippen LogP contribution < -0.4 is 19.7 Å². The van der Waals surface area contributed by atoms with Crippen LogP contribution in [0, 0.1) is 0 Å². The molecule has 7 nitrogen and oxygen atoms in total. The number of methoxy groups -OCH3 is 2. The molecule has 0 bridgehead atoms. The van der Waals surface area contributed by atoms with E-state index in [-0.39, 0.29) is 5.91 Å². The third-order valence-corrected chi connectivity index (χ3v) is 5.81. The van der Waals surface area contributed by atoms with Gasteiger partial charge in [0.15, 0.2) is 11.5 Å². The van der Waals surface area contributed by atoms with Crippen molar-refractivity contribution in [3.05, 3.63) is 78.0 Å². The summed E-state index contributed by atoms with van der Waals surface area (Å²) < 4.78 is 10.5. The van der Waals surface area contributed by atoms with Crippen LogP contribution in [0.4, 0.5) is 11.5 Å². The zero-order chi connectivity index (χ0) is 23.0. The Kier molecular flexibility index (Phi) is 7.42. The quantitative estimate of drug-likeness (QED) is 0.590. The Morgan fingerprint density at radius 1 is 0.939 bits per heavy atom. The predicted molar refractivity (Wildman–Crippen MR) is 130 cm³/mol. The molecule has 0 unspecified atom stereocenters. The van der Waals surface area contributed by atoms with Gasteiger partial charge in [0.25, 0.3) is 5.91 Å². The topological polar surface area (TPSA) is 66.9 Å². The minimum absolute atomic E-state index is 0.225. The lowest BCUT2D eigenvalue weighted by Crippen LogP contribution is -2.30. The SMILES string of the molecule is COc1ccc(C(=O)Nc2ccc(N3CCCN(Cc4ccccc4)CC3)nc2)cc1OC. The Morgan fingerprint density at radius 3 is 2.48 bits per heavy atom. The highest BCUT2D eigenvalue weighted by molar-refractivity contribution is 6.04. The molecule has 172 valence electrons. The molecule has 0 radical (unpaired) electrons. The highest BCUT2D eigenvalue weighted by atomic mass is 16.5. The number of carbonyl (C=O) groups excluding carboxylic acids is 1. The van der Waals surface area contributed by atoms with Gasteiger partial charge in [-0.05, 0) is 42.3 Å². The number of rotatable bonds is 7. The van der Waals surface area contributed by atoms with Crippen LogP contribution in [-0.2, 0) is 6.54 Å². The maximum atomic E-state index is 12.6. The number of benzene rings is 2. The van der Waals surface area contributed by atoms with Gasteiger partial charge in [-0.3, -0.25) is 9.69 Å². The zero-order valence-corrected chi connectivity index (χ0v) is 19.2. The third kappa shape index (κ3) is 5.81. The largest absolute Gasteiger partial charge is 0.493 e. The van der Waals surface area contributed by atoms with Crippen LogP contribution in [-0.4, -0.2) is 56.2 Å². The van der Waals surface area contributed by atoms with E-state index in [1.807, 2.05) is 12.1 Å². The van der Waals surface area contributed by atoms with Crippen LogP contribution in [0.1, 0.15) is 22.3 Å². The Morgan fingerprint density at radius 2 is 1.76 bits per heavy atom. The van der Waals surface area contributed by atoms with Gasteiger partial charge in [-0.25, -0.2) is 4.98 Å². The summed E-state index contributed by atoms with van der Waals surface area (Å²) in [5.41, 5.74) is 2.49. The molecule has 4 rings (SSSR count). The summed E-state index contributed by atoms with van der Waals surface area (Å²) in [7, 11) is 3.11. The summed E-state index contributed by atoms with van der Waals surface area (Å²) >= 11 is 0. The molecule has 1 N–H and O–H groups in total. The molecule has 1 amide bonds. The van der Waals surface area contributed by atoms with Gasteiger partial charge >= 0.3 is 0 Å². The first-order valence-corrected chi connectivity index (χ1v) is 11.2. The fourth-order valence-electron chi connectivity index (χ4n) is 4.03. The second-order valence-corrected chi connectivity index (χ2v) is 8.03. The van der Waals surface area contributed by atoms with Crippen LogP contribution >= 0.6 is 0 Å². The molecule has 0 saturated carbocycles. The van der Waals surface area contributed by atoms with E-state index in [0.29, 0.717) is 22.7 Å². The molecule has 7 heteroatoms. The number of anilines is 2. The van der Waals surface area contributed by atoms with E-state index in [1.165, 1.54) is 5.56 Å². The van der Waals surface area contributed by atoms with Crippen molar-refractivity contribution in [1.29, 1.82) is 0 Å². The van der Waals surface area contributed by atoms with Gasteiger partial charge in [-0.15, -0.1) is 0 Å². The Bertz CT molecular complexity index is 1060. The molecule has 0 spiro atoms. The molecule has 0 atom stereocenters. The minimum Gasteiger partial charge on any atom is -0.493 e. The highest BCUT2D eigenvalue weighted by Gasteiger charge is 2.17. The number of amides is 1. The Labute approximate surface area is 195 Å². The summed E-state index contributed by atoms with van der Waals surface area (Å²) in [5, 5.41) is 2.90. The zero-order valence-electron chi connectivity index (χ0n) is 19.2. The lowest BCUT2D eigenvalue weighted by Gasteiger charge is -2.23. The van der Waals surface area contributed by atoms with Gasteiger partial charge in [0.05, 0.1) is 26.1 Å². The van der Waals surface area contributed by atoms with Gasteiger partial charge < -0.3 is 19.7 Å². The van der Waals surface area contributed by atoms with Crippen molar-refractivity contribution in [1.82, 2.24) is 9.88 Å². The number of pyridine rings is 1.